The Bertz CT molecular complexity index is 847. The largest absolute Gasteiger partial charge is 0.478 e. The predicted octanol–water partition coefficient (Wildman–Crippen LogP) is 3.88. The highest BCUT2D eigenvalue weighted by Crippen LogP contribution is 2.23. The number of hydrogen-bond acceptors (Lipinski definition) is 4. The van der Waals surface area contributed by atoms with Crippen LogP contribution in [0.5, 0.6) is 0 Å². The topological polar surface area (TPSA) is 81.7 Å². The second kappa shape index (κ2) is 10.1. The Kier molecular flexibility index (Phi) is 7.25. The van der Waals surface area contributed by atoms with Crippen LogP contribution in [0, 0.1) is 0 Å². The number of rotatable bonds is 9. The lowest BCUT2D eigenvalue weighted by molar-refractivity contribution is -0.118. The summed E-state index contributed by atoms with van der Waals surface area (Å²) in [5.74, 6) is -1.02. The van der Waals surface area contributed by atoms with Gasteiger partial charge in [-0.25, -0.2) is 4.79 Å². The molecule has 6 heteroatoms. The monoisotopic (exact) mass is 395 g/mol. The van der Waals surface area contributed by atoms with E-state index in [0.29, 0.717) is 13.0 Å². The first-order valence-corrected chi connectivity index (χ1v) is 10.3. The van der Waals surface area contributed by atoms with Gasteiger partial charge in [-0.05, 0) is 55.2 Å². The van der Waals surface area contributed by atoms with Crippen molar-refractivity contribution in [1.82, 2.24) is 5.32 Å². The van der Waals surface area contributed by atoms with E-state index in [0.717, 1.165) is 36.4 Å². The average molecular weight is 396 g/mol. The molecule has 154 valence electrons. The maximum atomic E-state index is 12.9. The maximum absolute atomic E-state index is 12.9. The van der Waals surface area contributed by atoms with Crippen LogP contribution in [-0.4, -0.2) is 36.1 Å². The molecule has 1 saturated heterocycles. The first-order valence-electron chi connectivity index (χ1n) is 10.3. The minimum Gasteiger partial charge on any atom is -0.478 e. The van der Waals surface area contributed by atoms with E-state index in [1.807, 2.05) is 31.2 Å². The second-order valence-electron chi connectivity index (χ2n) is 7.46. The molecule has 3 N–H and O–H groups in total. The molecule has 0 bridgehead atoms. The number of carboxylic acids is 1. The zero-order chi connectivity index (χ0) is 20.6. The van der Waals surface area contributed by atoms with Crippen LogP contribution in [0.3, 0.4) is 0 Å². The summed E-state index contributed by atoms with van der Waals surface area (Å²) in [6.45, 7) is 4.60. The summed E-state index contributed by atoms with van der Waals surface area (Å²) in [5, 5.41) is 15.4. The van der Waals surface area contributed by atoms with Crippen LogP contribution in [0.4, 0.5) is 11.4 Å². The van der Waals surface area contributed by atoms with Crippen molar-refractivity contribution < 1.29 is 14.7 Å². The van der Waals surface area contributed by atoms with Gasteiger partial charge < -0.3 is 20.6 Å². The Labute approximate surface area is 171 Å². The first kappa shape index (κ1) is 20.9. The van der Waals surface area contributed by atoms with Crippen molar-refractivity contribution in [3.8, 4) is 0 Å². The van der Waals surface area contributed by atoms with Gasteiger partial charge >= 0.3 is 5.97 Å². The minimum atomic E-state index is -0.951. The molecule has 0 aromatic heterocycles. The fraction of sp³-hybridized carbons (Fsp3) is 0.391. The number of benzene rings is 2. The maximum Gasteiger partial charge on any atom is 0.335 e. The zero-order valence-electron chi connectivity index (χ0n) is 16.9. The van der Waals surface area contributed by atoms with E-state index in [4.69, 9.17) is 5.11 Å². The molecule has 0 aliphatic carbocycles. The summed E-state index contributed by atoms with van der Waals surface area (Å²) >= 11 is 0. The molecule has 1 aliphatic rings. The van der Waals surface area contributed by atoms with Crippen LogP contribution in [-0.2, 0) is 11.3 Å². The summed E-state index contributed by atoms with van der Waals surface area (Å²) in [4.78, 5) is 26.3. The van der Waals surface area contributed by atoms with Gasteiger partial charge in [-0.15, -0.1) is 0 Å². The van der Waals surface area contributed by atoms with E-state index in [2.05, 4.69) is 21.6 Å². The van der Waals surface area contributed by atoms with Gasteiger partial charge in [-0.2, -0.15) is 0 Å². The molecule has 0 saturated carbocycles. The second-order valence-corrected chi connectivity index (χ2v) is 7.46. The van der Waals surface area contributed by atoms with Crippen molar-refractivity contribution in [1.29, 1.82) is 0 Å². The lowest BCUT2D eigenvalue weighted by atomic mass is 10.1. The van der Waals surface area contributed by atoms with Gasteiger partial charge in [-0.1, -0.05) is 31.5 Å². The van der Waals surface area contributed by atoms with E-state index >= 15 is 0 Å². The Hall–Kier alpha value is -2.86. The van der Waals surface area contributed by atoms with Crippen LogP contribution in [0.1, 0.15) is 48.5 Å². The first-order chi connectivity index (χ1) is 14.1. The van der Waals surface area contributed by atoms with E-state index in [1.165, 1.54) is 12.8 Å². The van der Waals surface area contributed by atoms with Crippen LogP contribution < -0.4 is 15.5 Å². The summed E-state index contributed by atoms with van der Waals surface area (Å²) in [6, 6.07) is 14.4. The van der Waals surface area contributed by atoms with Gasteiger partial charge in [0, 0.05) is 31.0 Å². The van der Waals surface area contributed by atoms with E-state index in [1.54, 1.807) is 18.2 Å². The zero-order valence-corrected chi connectivity index (χ0v) is 16.9. The summed E-state index contributed by atoms with van der Waals surface area (Å²) in [6.07, 6.45) is 3.99. The predicted molar refractivity (Wildman–Crippen MR) is 115 cm³/mol. The number of aromatic carboxylic acids is 1. The van der Waals surface area contributed by atoms with Crippen molar-refractivity contribution in [3.63, 3.8) is 0 Å². The molecule has 2 aromatic carbocycles. The highest BCUT2D eigenvalue weighted by atomic mass is 16.4. The normalized spacial score (nSPS) is 14.6. The standard InChI is InChI=1S/C23H29N3O3/c1-2-7-21(24-16-17-8-5-9-18(14-17)23(28)29)22(27)25-19-10-6-11-20(15-19)26-12-3-4-13-26/h5-6,8-11,14-15,21,24H,2-4,7,12-13,16H2,1H3,(H,25,27)(H,28,29). The molecule has 1 atom stereocenters. The third-order valence-corrected chi connectivity index (χ3v) is 5.21. The summed E-state index contributed by atoms with van der Waals surface area (Å²) < 4.78 is 0. The molecule has 1 fully saturated rings. The number of carboxylic acid groups (broad SMARTS) is 1. The van der Waals surface area contributed by atoms with Gasteiger partial charge in [0.2, 0.25) is 5.91 Å². The molecule has 3 rings (SSSR count). The summed E-state index contributed by atoms with van der Waals surface area (Å²) in [5.41, 5.74) is 3.04. The Morgan fingerprint density at radius 1 is 1.10 bits per heavy atom. The fourth-order valence-electron chi connectivity index (χ4n) is 3.65. The Morgan fingerprint density at radius 3 is 2.59 bits per heavy atom. The van der Waals surface area contributed by atoms with Crippen molar-refractivity contribution in [3.05, 3.63) is 59.7 Å². The highest BCUT2D eigenvalue weighted by molar-refractivity contribution is 5.95. The van der Waals surface area contributed by atoms with Gasteiger partial charge in [0.25, 0.3) is 0 Å². The van der Waals surface area contributed by atoms with Crippen LogP contribution in [0.25, 0.3) is 0 Å². The fourth-order valence-corrected chi connectivity index (χ4v) is 3.65. The lowest BCUT2D eigenvalue weighted by Crippen LogP contribution is -2.40. The minimum absolute atomic E-state index is 0.0696. The molecule has 1 amide bonds. The number of carbonyl (C=O) groups is 2. The molecule has 6 nitrogen and oxygen atoms in total. The lowest BCUT2D eigenvalue weighted by Gasteiger charge is -2.20. The number of nitrogens with zero attached hydrogens (tertiary/aromatic N) is 1. The van der Waals surface area contributed by atoms with Crippen LogP contribution >= 0.6 is 0 Å². The number of carbonyl (C=O) groups excluding carboxylic acids is 1. The third-order valence-electron chi connectivity index (χ3n) is 5.21. The Morgan fingerprint density at radius 2 is 1.86 bits per heavy atom. The van der Waals surface area contributed by atoms with Crippen molar-refractivity contribution in [2.45, 2.75) is 45.2 Å². The molecule has 1 unspecified atom stereocenters. The quantitative estimate of drug-likeness (QED) is 0.600. The highest BCUT2D eigenvalue weighted by Gasteiger charge is 2.18. The molecule has 29 heavy (non-hydrogen) atoms. The van der Waals surface area contributed by atoms with Crippen LogP contribution in [0.2, 0.25) is 0 Å². The number of hydrogen-bond donors (Lipinski definition) is 3. The SMILES string of the molecule is CCCC(NCc1cccc(C(=O)O)c1)C(=O)Nc1cccc(N2CCCC2)c1. The molecule has 1 aliphatic heterocycles. The molecule has 0 radical (unpaired) electrons. The van der Waals surface area contributed by atoms with Crippen molar-refractivity contribution in [2.24, 2.45) is 0 Å². The number of anilines is 2. The van der Waals surface area contributed by atoms with E-state index in [-0.39, 0.29) is 17.5 Å². The molecular formula is C23H29N3O3. The molecular weight excluding hydrogens is 366 g/mol. The summed E-state index contributed by atoms with van der Waals surface area (Å²) in [7, 11) is 0. The molecule has 0 spiro atoms. The molecule has 1 heterocycles. The van der Waals surface area contributed by atoms with Gasteiger partial charge in [0.15, 0.2) is 0 Å². The van der Waals surface area contributed by atoms with Crippen LogP contribution in [0.15, 0.2) is 48.5 Å². The number of nitrogens with one attached hydrogen (secondary N) is 2. The van der Waals surface area contributed by atoms with Gasteiger partial charge in [-0.3, -0.25) is 4.79 Å². The smallest absolute Gasteiger partial charge is 0.335 e. The Balaban J connectivity index is 1.62. The number of amides is 1. The van der Waals surface area contributed by atoms with Gasteiger partial charge in [0.1, 0.15) is 0 Å². The van der Waals surface area contributed by atoms with Crippen molar-refractivity contribution in [2.75, 3.05) is 23.3 Å². The average Bonchev–Trinajstić information content (AvgIpc) is 3.26. The third kappa shape index (κ3) is 5.81. The van der Waals surface area contributed by atoms with Crippen molar-refractivity contribution >= 4 is 23.3 Å². The van der Waals surface area contributed by atoms with E-state index < -0.39 is 5.97 Å². The van der Waals surface area contributed by atoms with Gasteiger partial charge in [0.05, 0.1) is 11.6 Å². The van der Waals surface area contributed by atoms with E-state index in [9.17, 15) is 9.59 Å². The molecule has 2 aromatic rings.